The summed E-state index contributed by atoms with van der Waals surface area (Å²) in [5, 5.41) is 7.79. The zero-order valence-corrected chi connectivity index (χ0v) is 16.9. The predicted molar refractivity (Wildman–Crippen MR) is 94.9 cm³/mol. The Morgan fingerprint density at radius 1 is 1.32 bits per heavy atom. The summed E-state index contributed by atoms with van der Waals surface area (Å²) in [4.78, 5) is 0. The summed E-state index contributed by atoms with van der Waals surface area (Å²) in [6.45, 7) is 11.7. The van der Waals surface area contributed by atoms with Crippen molar-refractivity contribution >= 4 is 49.0 Å². The van der Waals surface area contributed by atoms with Crippen LogP contribution in [0, 0.1) is 5.41 Å². The van der Waals surface area contributed by atoms with Gasteiger partial charge < -0.3 is 13.9 Å². The SMILES string of the molecule is CC(C)(C)[Si](C)(C)OC[C@@H]1OCC=C[C@H]1OC(=N)C(Cl)(Cl)Cl. The Labute approximate surface area is 148 Å². The van der Waals surface area contributed by atoms with Crippen molar-refractivity contribution in [3.8, 4) is 0 Å². The van der Waals surface area contributed by atoms with Crippen molar-refractivity contribution in [3.05, 3.63) is 12.2 Å². The number of rotatable bonds is 4. The van der Waals surface area contributed by atoms with Crippen LogP contribution in [0.1, 0.15) is 20.8 Å². The van der Waals surface area contributed by atoms with Crippen LogP contribution in [-0.4, -0.2) is 43.4 Å². The topological polar surface area (TPSA) is 51.5 Å². The van der Waals surface area contributed by atoms with Crippen LogP contribution in [0.4, 0.5) is 0 Å². The molecule has 0 saturated heterocycles. The second kappa shape index (κ2) is 7.41. The lowest BCUT2D eigenvalue weighted by atomic mass is 10.1. The van der Waals surface area contributed by atoms with Gasteiger partial charge in [-0.1, -0.05) is 61.7 Å². The highest BCUT2D eigenvalue weighted by Gasteiger charge is 2.39. The first-order valence-electron chi connectivity index (χ1n) is 7.09. The molecule has 2 atom stereocenters. The fourth-order valence-corrected chi connectivity index (χ4v) is 2.70. The maximum atomic E-state index is 7.68. The van der Waals surface area contributed by atoms with Crippen molar-refractivity contribution in [2.24, 2.45) is 0 Å². The molecule has 0 saturated carbocycles. The standard InChI is InChI=1S/C14H24Cl3NO3Si/c1-13(2,3)22(4,5)20-9-11-10(7-6-8-19-11)21-12(18)14(15,16)17/h6-7,10-11,18H,8-9H2,1-5H3/t10-,11+/m1/s1. The minimum atomic E-state index is -1.89. The Balaban J connectivity index is 2.69. The van der Waals surface area contributed by atoms with E-state index in [0.29, 0.717) is 13.2 Å². The van der Waals surface area contributed by atoms with Crippen LogP contribution in [0.3, 0.4) is 0 Å². The Morgan fingerprint density at radius 2 is 1.91 bits per heavy atom. The third-order valence-electron chi connectivity index (χ3n) is 4.02. The largest absolute Gasteiger partial charge is 0.468 e. The summed E-state index contributed by atoms with van der Waals surface area (Å²) in [6.07, 6.45) is 2.81. The molecule has 0 aromatic rings. The zero-order valence-electron chi connectivity index (χ0n) is 13.6. The number of nitrogens with one attached hydrogen (secondary N) is 1. The van der Waals surface area contributed by atoms with Crippen molar-refractivity contribution in [2.75, 3.05) is 13.2 Å². The highest BCUT2D eigenvalue weighted by molar-refractivity contribution is 6.76. The summed E-state index contributed by atoms with van der Waals surface area (Å²) in [5.41, 5.74) is 0. The van der Waals surface area contributed by atoms with Crippen LogP contribution in [0.25, 0.3) is 0 Å². The molecule has 4 nitrogen and oxygen atoms in total. The zero-order chi connectivity index (χ0) is 17.2. The highest BCUT2D eigenvalue weighted by Crippen LogP contribution is 2.37. The molecule has 0 aromatic carbocycles. The van der Waals surface area contributed by atoms with Crippen LogP contribution in [-0.2, 0) is 13.9 Å². The molecule has 128 valence electrons. The van der Waals surface area contributed by atoms with Gasteiger partial charge in [-0.05, 0) is 24.2 Å². The molecule has 0 aliphatic carbocycles. The smallest absolute Gasteiger partial charge is 0.265 e. The molecule has 1 rings (SSSR count). The number of alkyl halides is 3. The van der Waals surface area contributed by atoms with Crippen molar-refractivity contribution in [2.45, 2.75) is 54.9 Å². The second-order valence-corrected chi connectivity index (χ2v) is 13.9. The first-order chi connectivity index (χ1) is 9.84. The fraction of sp³-hybridized carbons (Fsp3) is 0.786. The fourth-order valence-electron chi connectivity index (χ4n) is 1.56. The molecule has 0 unspecified atom stereocenters. The quantitative estimate of drug-likeness (QED) is 0.250. The molecule has 0 bridgehead atoms. The first kappa shape index (κ1) is 20.3. The van der Waals surface area contributed by atoms with Crippen LogP contribution < -0.4 is 0 Å². The molecule has 0 radical (unpaired) electrons. The Kier molecular flexibility index (Phi) is 6.82. The van der Waals surface area contributed by atoms with E-state index in [4.69, 9.17) is 54.1 Å². The van der Waals surface area contributed by atoms with E-state index in [1.165, 1.54) is 0 Å². The van der Waals surface area contributed by atoms with Gasteiger partial charge in [0.15, 0.2) is 8.32 Å². The van der Waals surface area contributed by atoms with Crippen molar-refractivity contribution < 1.29 is 13.9 Å². The van der Waals surface area contributed by atoms with Crippen LogP contribution >= 0.6 is 34.8 Å². The van der Waals surface area contributed by atoms with Crippen LogP contribution in [0.15, 0.2) is 12.2 Å². The minimum absolute atomic E-state index is 0.109. The van der Waals surface area contributed by atoms with Crippen molar-refractivity contribution in [1.29, 1.82) is 5.41 Å². The average molecular weight is 389 g/mol. The van der Waals surface area contributed by atoms with Gasteiger partial charge in [-0.15, -0.1) is 0 Å². The molecule has 1 N–H and O–H groups in total. The summed E-state index contributed by atoms with van der Waals surface area (Å²) in [6, 6.07) is 0. The summed E-state index contributed by atoms with van der Waals surface area (Å²) in [7, 11) is -1.89. The predicted octanol–water partition coefficient (Wildman–Crippen LogP) is 4.70. The molecular weight excluding hydrogens is 365 g/mol. The maximum Gasteiger partial charge on any atom is 0.265 e. The van der Waals surface area contributed by atoms with Crippen molar-refractivity contribution in [1.82, 2.24) is 0 Å². The van der Waals surface area contributed by atoms with Gasteiger partial charge in [-0.2, -0.15) is 0 Å². The van der Waals surface area contributed by atoms with E-state index < -0.39 is 24.1 Å². The molecule has 0 spiro atoms. The summed E-state index contributed by atoms with van der Waals surface area (Å²) >= 11 is 17.0. The summed E-state index contributed by atoms with van der Waals surface area (Å²) in [5.74, 6) is -0.421. The number of ether oxygens (including phenoxy) is 2. The second-order valence-electron chi connectivity index (χ2n) is 6.78. The van der Waals surface area contributed by atoms with Crippen LogP contribution in [0.5, 0.6) is 0 Å². The van der Waals surface area contributed by atoms with E-state index in [1.54, 1.807) is 0 Å². The Bertz CT molecular complexity index is 430. The monoisotopic (exact) mass is 387 g/mol. The lowest BCUT2D eigenvalue weighted by Gasteiger charge is -2.38. The van der Waals surface area contributed by atoms with E-state index in [1.807, 2.05) is 12.2 Å². The van der Waals surface area contributed by atoms with Gasteiger partial charge in [0, 0.05) is 0 Å². The third-order valence-corrected chi connectivity index (χ3v) is 9.04. The molecule has 8 heteroatoms. The van der Waals surface area contributed by atoms with E-state index in [-0.39, 0.29) is 11.1 Å². The number of hydrogen-bond acceptors (Lipinski definition) is 4. The van der Waals surface area contributed by atoms with Gasteiger partial charge in [0.05, 0.1) is 13.2 Å². The average Bonchev–Trinajstić information content (AvgIpc) is 2.35. The van der Waals surface area contributed by atoms with Gasteiger partial charge in [0.1, 0.15) is 12.2 Å². The lowest BCUT2D eigenvalue weighted by molar-refractivity contribution is -0.0371. The van der Waals surface area contributed by atoms with E-state index in [9.17, 15) is 0 Å². The molecule has 0 amide bonds. The van der Waals surface area contributed by atoms with Gasteiger partial charge in [0.2, 0.25) is 5.90 Å². The number of hydrogen-bond donors (Lipinski definition) is 1. The van der Waals surface area contributed by atoms with E-state index >= 15 is 0 Å². The highest BCUT2D eigenvalue weighted by atomic mass is 35.6. The van der Waals surface area contributed by atoms with Gasteiger partial charge in [-0.3, -0.25) is 5.41 Å². The Morgan fingerprint density at radius 3 is 2.41 bits per heavy atom. The third kappa shape index (κ3) is 5.69. The Hall–Kier alpha value is 0.217. The van der Waals surface area contributed by atoms with Gasteiger partial charge in [0.25, 0.3) is 3.79 Å². The van der Waals surface area contributed by atoms with Gasteiger partial charge in [-0.25, -0.2) is 0 Å². The molecule has 22 heavy (non-hydrogen) atoms. The lowest BCUT2D eigenvalue weighted by Crippen LogP contribution is -2.46. The summed E-state index contributed by atoms with van der Waals surface area (Å²) < 4.78 is 15.4. The maximum absolute atomic E-state index is 7.68. The molecule has 1 aliphatic heterocycles. The normalized spacial score (nSPS) is 23.5. The van der Waals surface area contributed by atoms with E-state index in [0.717, 1.165) is 0 Å². The molecular formula is C14H24Cl3NO3Si. The van der Waals surface area contributed by atoms with Crippen molar-refractivity contribution in [3.63, 3.8) is 0 Å². The molecule has 1 heterocycles. The van der Waals surface area contributed by atoms with Crippen LogP contribution in [0.2, 0.25) is 18.1 Å². The number of halogens is 3. The molecule has 0 fully saturated rings. The first-order valence-corrected chi connectivity index (χ1v) is 11.1. The van der Waals surface area contributed by atoms with E-state index in [2.05, 4.69) is 33.9 Å². The van der Waals surface area contributed by atoms with Gasteiger partial charge >= 0.3 is 0 Å². The molecule has 0 aromatic heterocycles. The minimum Gasteiger partial charge on any atom is -0.468 e. The molecule has 1 aliphatic rings.